The van der Waals surface area contributed by atoms with Crippen LogP contribution in [0.5, 0.6) is 5.75 Å². The first-order valence-electron chi connectivity index (χ1n) is 9.82. The standard InChI is InChI=1S/C23H29NO3/c1-23(2,20-12-14-24-15-13-20)27-22(25)16-18-8-10-21(11-9-18)26-17-19-6-4-3-5-7-19/h3-11,20,24H,12-17H2,1-2H3/p+1. The van der Waals surface area contributed by atoms with Crippen molar-refractivity contribution in [2.24, 2.45) is 5.92 Å². The number of quaternary nitrogens is 1. The molecule has 0 amide bonds. The molecule has 3 rings (SSSR count). The number of carbonyl (C=O) groups is 1. The van der Waals surface area contributed by atoms with Gasteiger partial charge in [-0.1, -0.05) is 42.5 Å². The molecular weight excluding hydrogens is 338 g/mol. The zero-order valence-corrected chi connectivity index (χ0v) is 16.3. The molecule has 0 aliphatic carbocycles. The zero-order valence-electron chi connectivity index (χ0n) is 16.3. The minimum Gasteiger partial charge on any atom is -0.489 e. The summed E-state index contributed by atoms with van der Waals surface area (Å²) in [5.41, 5.74) is 1.68. The Bertz CT molecular complexity index is 719. The number of carbonyl (C=O) groups excluding carboxylic acids is 1. The number of nitrogens with two attached hydrogens (primary N) is 1. The first kappa shape index (κ1) is 19.4. The van der Waals surface area contributed by atoms with Gasteiger partial charge in [-0.05, 0) is 37.1 Å². The predicted octanol–water partition coefficient (Wildman–Crippen LogP) is 3.10. The molecule has 1 aliphatic rings. The van der Waals surface area contributed by atoms with E-state index in [-0.39, 0.29) is 5.97 Å². The third kappa shape index (κ3) is 5.83. The van der Waals surface area contributed by atoms with Crippen molar-refractivity contribution in [2.75, 3.05) is 13.1 Å². The second-order valence-corrected chi connectivity index (χ2v) is 7.81. The lowest BCUT2D eigenvalue weighted by atomic mass is 9.83. The second kappa shape index (κ2) is 9.05. The summed E-state index contributed by atoms with van der Waals surface area (Å²) in [6.07, 6.45) is 2.50. The van der Waals surface area contributed by atoms with Gasteiger partial charge in [0.05, 0.1) is 19.5 Å². The first-order valence-corrected chi connectivity index (χ1v) is 9.82. The highest BCUT2D eigenvalue weighted by Crippen LogP contribution is 2.28. The van der Waals surface area contributed by atoms with E-state index in [2.05, 4.69) is 5.32 Å². The fourth-order valence-corrected chi connectivity index (χ4v) is 3.65. The molecule has 1 saturated heterocycles. The van der Waals surface area contributed by atoms with Crippen molar-refractivity contribution >= 4 is 5.97 Å². The van der Waals surface area contributed by atoms with E-state index in [9.17, 15) is 4.79 Å². The summed E-state index contributed by atoms with van der Waals surface area (Å²) < 4.78 is 11.6. The lowest BCUT2D eigenvalue weighted by Gasteiger charge is -2.35. The van der Waals surface area contributed by atoms with Gasteiger partial charge < -0.3 is 14.8 Å². The molecule has 144 valence electrons. The van der Waals surface area contributed by atoms with E-state index >= 15 is 0 Å². The average Bonchev–Trinajstić information content (AvgIpc) is 2.68. The minimum absolute atomic E-state index is 0.160. The van der Waals surface area contributed by atoms with Crippen LogP contribution in [0.2, 0.25) is 0 Å². The number of hydrogen-bond acceptors (Lipinski definition) is 3. The highest BCUT2D eigenvalue weighted by molar-refractivity contribution is 5.73. The molecule has 4 heteroatoms. The van der Waals surface area contributed by atoms with E-state index in [0.29, 0.717) is 18.9 Å². The molecule has 0 radical (unpaired) electrons. The molecule has 4 nitrogen and oxygen atoms in total. The van der Waals surface area contributed by atoms with Gasteiger partial charge in [-0.3, -0.25) is 4.79 Å². The molecule has 0 aromatic heterocycles. The smallest absolute Gasteiger partial charge is 0.310 e. The maximum absolute atomic E-state index is 12.4. The Morgan fingerprint density at radius 2 is 1.67 bits per heavy atom. The van der Waals surface area contributed by atoms with E-state index in [1.807, 2.05) is 68.4 Å². The van der Waals surface area contributed by atoms with Gasteiger partial charge in [-0.25, -0.2) is 0 Å². The number of hydrogen-bond donors (Lipinski definition) is 1. The largest absolute Gasteiger partial charge is 0.489 e. The molecule has 27 heavy (non-hydrogen) atoms. The maximum Gasteiger partial charge on any atom is 0.310 e. The molecule has 2 aromatic rings. The van der Waals surface area contributed by atoms with Crippen LogP contribution in [0.15, 0.2) is 54.6 Å². The number of esters is 1. The van der Waals surface area contributed by atoms with Crippen molar-refractivity contribution in [1.82, 2.24) is 0 Å². The molecule has 1 fully saturated rings. The number of piperidine rings is 1. The van der Waals surface area contributed by atoms with Gasteiger partial charge in [-0.2, -0.15) is 0 Å². The Morgan fingerprint density at radius 1 is 1.00 bits per heavy atom. The molecule has 0 bridgehead atoms. The van der Waals surface area contributed by atoms with Crippen molar-refractivity contribution in [2.45, 2.75) is 45.3 Å². The van der Waals surface area contributed by atoms with Crippen molar-refractivity contribution in [1.29, 1.82) is 0 Å². The molecule has 0 unspecified atom stereocenters. The van der Waals surface area contributed by atoms with E-state index in [1.54, 1.807) is 0 Å². The quantitative estimate of drug-likeness (QED) is 0.764. The minimum atomic E-state index is -0.399. The van der Waals surface area contributed by atoms with Crippen LogP contribution in [0, 0.1) is 5.92 Å². The van der Waals surface area contributed by atoms with E-state index in [4.69, 9.17) is 9.47 Å². The molecule has 2 aromatic carbocycles. The Labute approximate surface area is 161 Å². The van der Waals surface area contributed by atoms with Crippen molar-refractivity contribution in [3.05, 3.63) is 65.7 Å². The Balaban J connectivity index is 1.49. The summed E-state index contributed by atoms with van der Waals surface area (Å²) in [4.78, 5) is 12.4. The summed E-state index contributed by atoms with van der Waals surface area (Å²) in [6.45, 7) is 6.87. The third-order valence-electron chi connectivity index (χ3n) is 5.32. The highest BCUT2D eigenvalue weighted by atomic mass is 16.6. The summed E-state index contributed by atoms with van der Waals surface area (Å²) in [5.74, 6) is 1.09. The van der Waals surface area contributed by atoms with E-state index < -0.39 is 5.60 Å². The Hall–Kier alpha value is -2.33. The topological polar surface area (TPSA) is 52.1 Å². The molecule has 1 heterocycles. The van der Waals surface area contributed by atoms with Gasteiger partial charge in [0, 0.05) is 18.8 Å². The van der Waals surface area contributed by atoms with Gasteiger partial charge in [-0.15, -0.1) is 0 Å². The lowest BCUT2D eigenvalue weighted by molar-refractivity contribution is -0.665. The Morgan fingerprint density at radius 3 is 2.33 bits per heavy atom. The second-order valence-electron chi connectivity index (χ2n) is 7.81. The van der Waals surface area contributed by atoms with Gasteiger partial charge in [0.15, 0.2) is 0 Å². The van der Waals surface area contributed by atoms with Gasteiger partial charge in [0.25, 0.3) is 0 Å². The van der Waals surface area contributed by atoms with Crippen LogP contribution in [-0.4, -0.2) is 24.7 Å². The third-order valence-corrected chi connectivity index (χ3v) is 5.32. The van der Waals surface area contributed by atoms with Crippen molar-refractivity contribution < 1.29 is 19.6 Å². The molecule has 1 aliphatic heterocycles. The van der Waals surface area contributed by atoms with Crippen molar-refractivity contribution in [3.63, 3.8) is 0 Å². The van der Waals surface area contributed by atoms with Gasteiger partial charge in [0.1, 0.15) is 18.0 Å². The molecule has 0 spiro atoms. The number of rotatable bonds is 7. The molecule has 2 N–H and O–H groups in total. The molecule has 0 atom stereocenters. The summed E-state index contributed by atoms with van der Waals surface area (Å²) >= 11 is 0. The van der Waals surface area contributed by atoms with Crippen LogP contribution >= 0.6 is 0 Å². The van der Waals surface area contributed by atoms with Crippen LogP contribution in [0.4, 0.5) is 0 Å². The highest BCUT2D eigenvalue weighted by Gasteiger charge is 2.35. The monoisotopic (exact) mass is 368 g/mol. The fourth-order valence-electron chi connectivity index (χ4n) is 3.65. The van der Waals surface area contributed by atoms with Crippen LogP contribution < -0.4 is 10.1 Å². The van der Waals surface area contributed by atoms with Gasteiger partial charge in [0.2, 0.25) is 0 Å². The summed E-state index contributed by atoms with van der Waals surface area (Å²) in [5, 5.41) is 2.33. The first-order chi connectivity index (χ1) is 13.0. The maximum atomic E-state index is 12.4. The number of benzene rings is 2. The predicted molar refractivity (Wildman–Crippen MR) is 105 cm³/mol. The molecular formula is C23H30NO3+. The average molecular weight is 368 g/mol. The van der Waals surface area contributed by atoms with E-state index in [0.717, 1.165) is 42.8 Å². The normalized spacial score (nSPS) is 15.3. The van der Waals surface area contributed by atoms with Crippen LogP contribution in [0.1, 0.15) is 37.8 Å². The van der Waals surface area contributed by atoms with Crippen LogP contribution in [-0.2, 0) is 22.6 Å². The lowest BCUT2D eigenvalue weighted by Crippen LogP contribution is -2.86. The van der Waals surface area contributed by atoms with E-state index in [1.165, 1.54) is 0 Å². The SMILES string of the molecule is CC(C)(OC(=O)Cc1ccc(OCc2ccccc2)cc1)C1CC[NH2+]CC1. The zero-order chi connectivity index (χ0) is 19.1. The van der Waals surface area contributed by atoms with Crippen LogP contribution in [0.3, 0.4) is 0 Å². The summed E-state index contributed by atoms with van der Waals surface area (Å²) in [7, 11) is 0. The number of ether oxygens (including phenoxy) is 2. The van der Waals surface area contributed by atoms with Gasteiger partial charge >= 0.3 is 5.97 Å². The molecule has 0 saturated carbocycles. The van der Waals surface area contributed by atoms with Crippen molar-refractivity contribution in [3.8, 4) is 5.75 Å². The van der Waals surface area contributed by atoms with Crippen LogP contribution in [0.25, 0.3) is 0 Å². The Kier molecular flexibility index (Phi) is 6.51. The summed E-state index contributed by atoms with van der Waals surface area (Å²) in [6, 6.07) is 17.8. The fraction of sp³-hybridized carbons (Fsp3) is 0.435.